The van der Waals surface area contributed by atoms with Crippen LogP contribution < -0.4 is 5.73 Å². The topological polar surface area (TPSA) is 66.6 Å². The van der Waals surface area contributed by atoms with E-state index in [9.17, 15) is 14.3 Å². The molecule has 0 saturated heterocycles. The molecule has 0 aliphatic carbocycles. The number of aliphatic hydroxyl groups excluding tert-OH is 1. The molecule has 1 amide bonds. The van der Waals surface area contributed by atoms with Crippen LogP contribution in [0.4, 0.5) is 4.39 Å². The summed E-state index contributed by atoms with van der Waals surface area (Å²) >= 11 is 0. The van der Waals surface area contributed by atoms with Crippen LogP contribution in [0.2, 0.25) is 0 Å². The summed E-state index contributed by atoms with van der Waals surface area (Å²) in [6.45, 7) is 4.77. The lowest BCUT2D eigenvalue weighted by molar-refractivity contribution is -0.134. The number of amides is 1. The Balaban J connectivity index is 2.80. The van der Waals surface area contributed by atoms with Gasteiger partial charge in [0, 0.05) is 13.1 Å². The maximum absolute atomic E-state index is 12.8. The first-order chi connectivity index (χ1) is 8.51. The van der Waals surface area contributed by atoms with Gasteiger partial charge in [0.25, 0.3) is 0 Å². The van der Waals surface area contributed by atoms with E-state index in [1.165, 1.54) is 24.3 Å². The summed E-state index contributed by atoms with van der Waals surface area (Å²) in [5, 5.41) is 10.00. The summed E-state index contributed by atoms with van der Waals surface area (Å²) in [5.41, 5.74) is 6.18. The highest BCUT2D eigenvalue weighted by molar-refractivity contribution is 5.82. The zero-order chi connectivity index (χ0) is 13.7. The number of aliphatic hydroxyl groups is 1. The molecule has 0 aliphatic heterocycles. The van der Waals surface area contributed by atoms with Crippen LogP contribution in [-0.4, -0.2) is 35.0 Å². The Morgan fingerprint density at radius 1 is 1.33 bits per heavy atom. The van der Waals surface area contributed by atoms with Gasteiger partial charge >= 0.3 is 0 Å². The Morgan fingerprint density at radius 3 is 2.28 bits per heavy atom. The van der Waals surface area contributed by atoms with Crippen LogP contribution >= 0.6 is 0 Å². The van der Waals surface area contributed by atoms with E-state index in [4.69, 9.17) is 5.73 Å². The van der Waals surface area contributed by atoms with Crippen molar-refractivity contribution in [2.75, 3.05) is 13.1 Å². The minimum absolute atomic E-state index is 0.308. The summed E-state index contributed by atoms with van der Waals surface area (Å²) < 4.78 is 12.8. The standard InChI is InChI=1S/C13H19FN2O2/c1-3-16(4-2)13(18)11(15)12(17)9-5-7-10(14)8-6-9/h5-8,11-12,17H,3-4,15H2,1-2H3/t11-,12+/m1/s1. The third kappa shape index (κ3) is 3.27. The van der Waals surface area contributed by atoms with Crippen molar-refractivity contribution in [3.63, 3.8) is 0 Å². The molecule has 0 aromatic heterocycles. The van der Waals surface area contributed by atoms with E-state index in [1.54, 1.807) is 4.90 Å². The van der Waals surface area contributed by atoms with Crippen LogP contribution in [0.25, 0.3) is 0 Å². The minimum atomic E-state index is -1.13. The van der Waals surface area contributed by atoms with Gasteiger partial charge in [0.1, 0.15) is 18.0 Å². The van der Waals surface area contributed by atoms with Gasteiger partial charge < -0.3 is 15.7 Å². The number of rotatable bonds is 5. The Bertz CT molecular complexity index is 390. The van der Waals surface area contributed by atoms with Crippen molar-refractivity contribution in [1.29, 1.82) is 0 Å². The van der Waals surface area contributed by atoms with Crippen molar-refractivity contribution in [3.05, 3.63) is 35.6 Å². The van der Waals surface area contributed by atoms with Gasteiger partial charge in [-0.3, -0.25) is 4.79 Å². The highest BCUT2D eigenvalue weighted by Crippen LogP contribution is 2.17. The Morgan fingerprint density at radius 2 is 1.83 bits per heavy atom. The van der Waals surface area contributed by atoms with Crippen molar-refractivity contribution < 1.29 is 14.3 Å². The molecule has 0 fully saturated rings. The second-order valence-corrected chi connectivity index (χ2v) is 4.03. The highest BCUT2D eigenvalue weighted by Gasteiger charge is 2.27. The third-order valence-electron chi connectivity index (χ3n) is 2.91. The van der Waals surface area contributed by atoms with Crippen LogP contribution in [0.15, 0.2) is 24.3 Å². The molecule has 4 nitrogen and oxygen atoms in total. The lowest BCUT2D eigenvalue weighted by atomic mass is 10.0. The van der Waals surface area contributed by atoms with E-state index in [0.717, 1.165) is 0 Å². The molecule has 5 heteroatoms. The van der Waals surface area contributed by atoms with Gasteiger partial charge in [0.05, 0.1) is 0 Å². The fourth-order valence-electron chi connectivity index (χ4n) is 1.75. The van der Waals surface area contributed by atoms with Gasteiger partial charge in [-0.25, -0.2) is 4.39 Å². The summed E-state index contributed by atoms with van der Waals surface area (Å²) in [7, 11) is 0. The Kier molecular flexibility index (Phi) is 5.25. The average molecular weight is 254 g/mol. The molecule has 1 aromatic carbocycles. The molecular weight excluding hydrogens is 235 g/mol. The monoisotopic (exact) mass is 254 g/mol. The van der Waals surface area contributed by atoms with Crippen molar-refractivity contribution in [2.24, 2.45) is 5.73 Å². The van der Waals surface area contributed by atoms with E-state index in [-0.39, 0.29) is 5.91 Å². The fraction of sp³-hybridized carbons (Fsp3) is 0.462. The van der Waals surface area contributed by atoms with Crippen molar-refractivity contribution in [1.82, 2.24) is 4.90 Å². The predicted molar refractivity (Wildman–Crippen MR) is 67.3 cm³/mol. The van der Waals surface area contributed by atoms with Gasteiger partial charge in [0.15, 0.2) is 0 Å². The maximum Gasteiger partial charge on any atom is 0.242 e. The molecule has 3 N–H and O–H groups in total. The second-order valence-electron chi connectivity index (χ2n) is 4.03. The molecule has 0 aliphatic rings. The van der Waals surface area contributed by atoms with Crippen molar-refractivity contribution >= 4 is 5.91 Å². The molecule has 18 heavy (non-hydrogen) atoms. The van der Waals surface area contributed by atoms with Gasteiger partial charge in [-0.1, -0.05) is 12.1 Å². The maximum atomic E-state index is 12.8. The first-order valence-electron chi connectivity index (χ1n) is 5.99. The van der Waals surface area contributed by atoms with Gasteiger partial charge in [-0.15, -0.1) is 0 Å². The van der Waals surface area contributed by atoms with Crippen molar-refractivity contribution in [2.45, 2.75) is 26.0 Å². The van der Waals surface area contributed by atoms with Crippen LogP contribution in [-0.2, 0) is 4.79 Å². The quantitative estimate of drug-likeness (QED) is 0.825. The molecule has 100 valence electrons. The summed E-state index contributed by atoms with van der Waals surface area (Å²) in [4.78, 5) is 13.5. The molecule has 0 radical (unpaired) electrons. The van der Waals surface area contributed by atoms with Crippen LogP contribution in [0, 0.1) is 5.82 Å². The lowest BCUT2D eigenvalue weighted by Gasteiger charge is -2.25. The van der Waals surface area contributed by atoms with E-state index in [1.807, 2.05) is 13.8 Å². The number of carbonyl (C=O) groups is 1. The lowest BCUT2D eigenvalue weighted by Crippen LogP contribution is -2.46. The Hall–Kier alpha value is -1.46. The normalized spacial score (nSPS) is 14.1. The van der Waals surface area contributed by atoms with Gasteiger partial charge in [0.2, 0.25) is 5.91 Å². The average Bonchev–Trinajstić information content (AvgIpc) is 2.39. The highest BCUT2D eigenvalue weighted by atomic mass is 19.1. The largest absolute Gasteiger partial charge is 0.386 e. The zero-order valence-electron chi connectivity index (χ0n) is 10.6. The summed E-state index contributed by atoms with van der Waals surface area (Å²) in [6.07, 6.45) is -1.13. The van der Waals surface area contributed by atoms with E-state index in [2.05, 4.69) is 0 Å². The van der Waals surface area contributed by atoms with E-state index >= 15 is 0 Å². The number of nitrogens with two attached hydrogens (primary N) is 1. The van der Waals surface area contributed by atoms with E-state index < -0.39 is 18.0 Å². The van der Waals surface area contributed by atoms with Crippen molar-refractivity contribution in [3.8, 4) is 0 Å². The molecule has 0 bridgehead atoms. The SMILES string of the molecule is CCN(CC)C(=O)[C@H](N)[C@@H](O)c1ccc(F)cc1. The number of hydrogen-bond donors (Lipinski definition) is 2. The van der Waals surface area contributed by atoms with Gasteiger partial charge in [-0.05, 0) is 31.5 Å². The number of benzene rings is 1. The predicted octanol–water partition coefficient (Wildman–Crippen LogP) is 1.05. The molecule has 1 rings (SSSR count). The molecule has 0 unspecified atom stereocenters. The number of halogens is 1. The molecule has 1 aromatic rings. The molecule has 2 atom stereocenters. The fourth-order valence-corrected chi connectivity index (χ4v) is 1.75. The minimum Gasteiger partial charge on any atom is -0.386 e. The second kappa shape index (κ2) is 6.47. The van der Waals surface area contributed by atoms with Crippen LogP contribution in [0.3, 0.4) is 0 Å². The number of hydrogen-bond acceptors (Lipinski definition) is 3. The number of nitrogens with zero attached hydrogens (tertiary/aromatic N) is 1. The van der Waals surface area contributed by atoms with E-state index in [0.29, 0.717) is 18.7 Å². The molecular formula is C13H19FN2O2. The Labute approximate surface area is 106 Å². The molecule has 0 spiro atoms. The number of carbonyl (C=O) groups excluding carboxylic acids is 1. The van der Waals surface area contributed by atoms with Crippen LogP contribution in [0.1, 0.15) is 25.5 Å². The summed E-state index contributed by atoms with van der Waals surface area (Å²) in [5.74, 6) is -0.702. The molecule has 0 heterocycles. The third-order valence-corrected chi connectivity index (χ3v) is 2.91. The zero-order valence-corrected chi connectivity index (χ0v) is 10.6. The van der Waals surface area contributed by atoms with Gasteiger partial charge in [-0.2, -0.15) is 0 Å². The smallest absolute Gasteiger partial charge is 0.242 e. The number of likely N-dealkylation sites (N-methyl/N-ethyl adjacent to an activating group) is 1. The van der Waals surface area contributed by atoms with Crippen LogP contribution in [0.5, 0.6) is 0 Å². The first-order valence-corrected chi connectivity index (χ1v) is 5.99. The summed E-state index contributed by atoms with van der Waals surface area (Å²) in [6, 6.07) is 4.28. The first kappa shape index (κ1) is 14.6. The molecule has 0 saturated carbocycles.